The van der Waals surface area contributed by atoms with Crippen LogP contribution in [0.2, 0.25) is 0 Å². The molecule has 24 heavy (non-hydrogen) atoms. The number of nitrogens with one attached hydrogen (secondary N) is 1. The van der Waals surface area contributed by atoms with Gasteiger partial charge in [0.05, 0.1) is 12.1 Å². The fourth-order valence-corrected chi connectivity index (χ4v) is 2.58. The molecule has 2 amide bonds. The van der Waals surface area contributed by atoms with Gasteiger partial charge in [-0.1, -0.05) is 0 Å². The van der Waals surface area contributed by atoms with E-state index in [-0.39, 0.29) is 6.54 Å². The van der Waals surface area contributed by atoms with Crippen molar-refractivity contribution in [3.05, 3.63) is 35.4 Å². The summed E-state index contributed by atoms with van der Waals surface area (Å²) in [7, 11) is 0. The monoisotopic (exact) mass is 342 g/mol. The van der Waals surface area contributed by atoms with Crippen LogP contribution in [0.4, 0.5) is 8.78 Å². The van der Waals surface area contributed by atoms with Crippen LogP contribution in [0.1, 0.15) is 31.1 Å². The summed E-state index contributed by atoms with van der Waals surface area (Å²) in [5.41, 5.74) is -1.06. The molecule has 1 aromatic rings. The molecule has 0 radical (unpaired) electrons. The lowest BCUT2D eigenvalue weighted by molar-refractivity contribution is -0.129. The third kappa shape index (κ3) is 3.70. The molecular formula is C16H20F2N2O4. The molecule has 1 heterocycles. The van der Waals surface area contributed by atoms with E-state index in [9.17, 15) is 28.6 Å². The van der Waals surface area contributed by atoms with E-state index < -0.39 is 52.8 Å². The van der Waals surface area contributed by atoms with Crippen LogP contribution in [0, 0.1) is 11.6 Å². The molecule has 2 rings (SSSR count). The third-order valence-corrected chi connectivity index (χ3v) is 3.63. The first-order valence-corrected chi connectivity index (χ1v) is 7.45. The number of benzene rings is 1. The zero-order valence-corrected chi connectivity index (χ0v) is 13.6. The molecule has 1 aliphatic rings. The number of aliphatic hydroxyl groups excluding tert-OH is 2. The van der Waals surface area contributed by atoms with E-state index in [0.717, 1.165) is 17.0 Å². The summed E-state index contributed by atoms with van der Waals surface area (Å²) < 4.78 is 26.8. The minimum atomic E-state index is -1.50. The number of likely N-dealkylation sites (tertiary alicyclic amines) is 1. The highest BCUT2D eigenvalue weighted by Gasteiger charge is 2.47. The SMILES string of the molecule is CC(C)(C)NC(=O)[C@@H]1[C@@H](O)[C@@H](O)CN1C(=O)c1ccc(F)cc1F. The van der Waals surface area contributed by atoms with E-state index in [1.165, 1.54) is 0 Å². The van der Waals surface area contributed by atoms with Gasteiger partial charge in [0.2, 0.25) is 5.91 Å². The van der Waals surface area contributed by atoms with Crippen LogP contribution in [0.5, 0.6) is 0 Å². The summed E-state index contributed by atoms with van der Waals surface area (Å²) in [6.07, 6.45) is -2.84. The number of β-amino-alcohol motifs (C(OH)–C–C–N with tert-alkyl or cyclic N) is 1. The maximum Gasteiger partial charge on any atom is 0.257 e. The van der Waals surface area contributed by atoms with Crippen LogP contribution in [0.15, 0.2) is 18.2 Å². The number of halogens is 2. The lowest BCUT2D eigenvalue weighted by atomic mass is 10.1. The minimum absolute atomic E-state index is 0.334. The van der Waals surface area contributed by atoms with Crippen molar-refractivity contribution in [1.82, 2.24) is 10.2 Å². The number of aliphatic hydroxyl groups is 2. The van der Waals surface area contributed by atoms with Gasteiger partial charge in [-0.05, 0) is 32.9 Å². The average molecular weight is 342 g/mol. The molecular weight excluding hydrogens is 322 g/mol. The van der Waals surface area contributed by atoms with E-state index >= 15 is 0 Å². The predicted octanol–water partition coefficient (Wildman–Crippen LogP) is 0.426. The fraction of sp³-hybridized carbons (Fsp3) is 0.500. The molecule has 3 N–H and O–H groups in total. The highest BCUT2D eigenvalue weighted by atomic mass is 19.1. The van der Waals surface area contributed by atoms with Gasteiger partial charge >= 0.3 is 0 Å². The molecule has 0 bridgehead atoms. The first-order valence-electron chi connectivity index (χ1n) is 7.45. The Hall–Kier alpha value is -2.06. The van der Waals surface area contributed by atoms with Crippen LogP contribution in [-0.2, 0) is 4.79 Å². The van der Waals surface area contributed by atoms with E-state index in [1.54, 1.807) is 20.8 Å². The molecule has 0 spiro atoms. The number of nitrogens with zero attached hydrogens (tertiary/aromatic N) is 1. The van der Waals surface area contributed by atoms with Gasteiger partial charge in [-0.25, -0.2) is 8.78 Å². The van der Waals surface area contributed by atoms with Crippen LogP contribution >= 0.6 is 0 Å². The Kier molecular flexibility index (Phi) is 4.91. The third-order valence-electron chi connectivity index (χ3n) is 3.63. The topological polar surface area (TPSA) is 89.9 Å². The number of rotatable bonds is 2. The number of carbonyl (C=O) groups is 2. The highest BCUT2D eigenvalue weighted by molar-refractivity contribution is 5.98. The second-order valence-corrected chi connectivity index (χ2v) is 6.82. The van der Waals surface area contributed by atoms with Crippen molar-refractivity contribution >= 4 is 11.8 Å². The molecule has 1 aromatic carbocycles. The smallest absolute Gasteiger partial charge is 0.257 e. The summed E-state index contributed by atoms with van der Waals surface area (Å²) in [6, 6.07) is 1.07. The van der Waals surface area contributed by atoms with Gasteiger partial charge < -0.3 is 20.4 Å². The molecule has 6 nitrogen and oxygen atoms in total. The molecule has 1 saturated heterocycles. The Morgan fingerprint density at radius 2 is 1.88 bits per heavy atom. The largest absolute Gasteiger partial charge is 0.388 e. The van der Waals surface area contributed by atoms with Gasteiger partial charge in [0.25, 0.3) is 5.91 Å². The molecule has 0 unspecified atom stereocenters. The summed E-state index contributed by atoms with van der Waals surface area (Å²) in [6.45, 7) is 4.82. The molecule has 1 fully saturated rings. The second kappa shape index (κ2) is 6.45. The predicted molar refractivity (Wildman–Crippen MR) is 81.1 cm³/mol. The summed E-state index contributed by atoms with van der Waals surface area (Å²) in [4.78, 5) is 25.8. The van der Waals surface area contributed by atoms with Gasteiger partial charge in [-0.2, -0.15) is 0 Å². The molecule has 1 aliphatic heterocycles. The molecule has 132 valence electrons. The Balaban J connectivity index is 2.32. The molecule has 3 atom stereocenters. The Morgan fingerprint density at radius 3 is 2.42 bits per heavy atom. The molecule has 0 aliphatic carbocycles. The number of amides is 2. The van der Waals surface area contributed by atoms with Crippen molar-refractivity contribution in [1.29, 1.82) is 0 Å². The summed E-state index contributed by atoms with van der Waals surface area (Å²) in [5.74, 6) is -3.49. The van der Waals surface area contributed by atoms with Gasteiger partial charge in [0.15, 0.2) is 0 Å². The average Bonchev–Trinajstić information content (AvgIpc) is 2.72. The quantitative estimate of drug-likeness (QED) is 0.727. The van der Waals surface area contributed by atoms with Gasteiger partial charge in [0, 0.05) is 11.6 Å². The van der Waals surface area contributed by atoms with Gasteiger partial charge in [0.1, 0.15) is 29.9 Å². The Morgan fingerprint density at radius 1 is 1.25 bits per heavy atom. The van der Waals surface area contributed by atoms with Crippen molar-refractivity contribution < 1.29 is 28.6 Å². The van der Waals surface area contributed by atoms with Crippen molar-refractivity contribution in [3.63, 3.8) is 0 Å². The number of hydrogen-bond donors (Lipinski definition) is 3. The Labute approximate surface area is 138 Å². The second-order valence-electron chi connectivity index (χ2n) is 6.82. The van der Waals surface area contributed by atoms with Gasteiger partial charge in [-0.15, -0.1) is 0 Å². The lowest BCUT2D eigenvalue weighted by Crippen LogP contribution is -2.54. The lowest BCUT2D eigenvalue weighted by Gasteiger charge is -2.29. The zero-order valence-electron chi connectivity index (χ0n) is 13.6. The zero-order chi connectivity index (χ0) is 18.2. The number of carbonyl (C=O) groups excluding carboxylic acids is 2. The van der Waals surface area contributed by atoms with Crippen molar-refractivity contribution in [2.45, 2.75) is 44.6 Å². The van der Waals surface area contributed by atoms with E-state index in [1.807, 2.05) is 0 Å². The summed E-state index contributed by atoms with van der Waals surface area (Å²) in [5, 5.41) is 22.5. The van der Waals surface area contributed by atoms with Crippen molar-refractivity contribution in [3.8, 4) is 0 Å². The first-order chi connectivity index (χ1) is 11.0. The normalized spacial score (nSPS) is 24.1. The van der Waals surface area contributed by atoms with Crippen molar-refractivity contribution in [2.75, 3.05) is 6.54 Å². The molecule has 8 heteroatoms. The standard InChI is InChI=1S/C16H20F2N2O4/c1-16(2,3)19-14(23)12-13(22)11(21)7-20(12)15(24)9-5-4-8(17)6-10(9)18/h4-6,11-13,21-22H,7H2,1-3H3,(H,19,23)/t11-,12-,13-/m0/s1. The van der Waals surface area contributed by atoms with Crippen LogP contribution in [0.3, 0.4) is 0 Å². The van der Waals surface area contributed by atoms with Crippen molar-refractivity contribution in [2.24, 2.45) is 0 Å². The molecule has 0 aromatic heterocycles. The van der Waals surface area contributed by atoms with E-state index in [2.05, 4.69) is 5.32 Å². The van der Waals surface area contributed by atoms with E-state index in [0.29, 0.717) is 6.07 Å². The minimum Gasteiger partial charge on any atom is -0.388 e. The van der Waals surface area contributed by atoms with Crippen LogP contribution < -0.4 is 5.32 Å². The van der Waals surface area contributed by atoms with Crippen LogP contribution in [0.25, 0.3) is 0 Å². The van der Waals surface area contributed by atoms with Gasteiger partial charge in [-0.3, -0.25) is 9.59 Å². The maximum absolute atomic E-state index is 13.8. The van der Waals surface area contributed by atoms with E-state index in [4.69, 9.17) is 0 Å². The Bertz CT molecular complexity index is 660. The number of hydrogen-bond acceptors (Lipinski definition) is 4. The molecule has 0 saturated carbocycles. The highest BCUT2D eigenvalue weighted by Crippen LogP contribution is 2.23. The summed E-state index contributed by atoms with van der Waals surface area (Å²) >= 11 is 0. The van der Waals surface area contributed by atoms with Crippen LogP contribution in [-0.4, -0.2) is 57.3 Å². The first kappa shape index (κ1) is 18.3. The maximum atomic E-state index is 13.8. The fourth-order valence-electron chi connectivity index (χ4n) is 2.58.